The molecule has 0 unspecified atom stereocenters. The molecule has 1 heterocycles. The third-order valence-electron chi connectivity index (χ3n) is 6.57. The van der Waals surface area contributed by atoms with Crippen LogP contribution in [0.3, 0.4) is 0 Å². The Bertz CT molecular complexity index is 2380. The predicted molar refractivity (Wildman–Crippen MR) is 189 cm³/mol. The summed E-state index contributed by atoms with van der Waals surface area (Å²) in [5.41, 5.74) is -1.97. The lowest BCUT2D eigenvalue weighted by molar-refractivity contribution is -0.0783. The maximum Gasteiger partial charge on any atom is 0.477 e. The number of azo groups is 1. The van der Waals surface area contributed by atoms with Gasteiger partial charge in [0.15, 0.2) is 11.4 Å². The fourth-order valence-electron chi connectivity index (χ4n) is 3.98. The predicted octanol–water partition coefficient (Wildman–Crippen LogP) is 4.50. The third kappa shape index (κ3) is 11.6. The minimum absolute atomic E-state index is 0.00745. The molecule has 0 aliphatic carbocycles. The number of rotatable bonds is 16. The molecule has 0 atom stereocenters. The zero-order valence-electron chi connectivity index (χ0n) is 27.3. The Morgan fingerprint density at radius 1 is 0.907 bits per heavy atom. The number of ether oxygens (including phenoxy) is 1. The van der Waals surface area contributed by atoms with Gasteiger partial charge in [-0.15, -0.1) is 0 Å². The number of carboxylic acids is 1. The van der Waals surface area contributed by atoms with Crippen LogP contribution in [-0.2, 0) is 25.0 Å². The number of aromatic hydroxyl groups is 1. The van der Waals surface area contributed by atoms with Gasteiger partial charge in [-0.2, -0.15) is 46.8 Å². The Hall–Kier alpha value is -5.76. The second kappa shape index (κ2) is 17.4. The first-order valence-corrected chi connectivity index (χ1v) is 19.4. The number of benzene rings is 3. The lowest BCUT2D eigenvalue weighted by Gasteiger charge is -2.27. The van der Waals surface area contributed by atoms with Crippen molar-refractivity contribution < 1.29 is 64.0 Å². The van der Waals surface area contributed by atoms with E-state index in [0.717, 1.165) is 29.7 Å². The van der Waals surface area contributed by atoms with Crippen LogP contribution in [0.25, 0.3) is 0 Å². The van der Waals surface area contributed by atoms with E-state index in [1.54, 1.807) is 18.2 Å². The third-order valence-corrected chi connectivity index (χ3v) is 9.56. The number of hydrogen-bond acceptors (Lipinski definition) is 16. The highest BCUT2D eigenvalue weighted by atomic mass is 32.3. The molecule has 0 spiro atoms. The Morgan fingerprint density at radius 3 is 2.22 bits per heavy atom. The van der Waals surface area contributed by atoms with Crippen LogP contribution in [0.2, 0.25) is 0 Å². The minimum atomic E-state index is -4.99. The largest absolute Gasteiger partial charge is 0.504 e. The van der Waals surface area contributed by atoms with Crippen LogP contribution in [-0.4, -0.2) is 102 Å². The fraction of sp³-hybridized carbons (Fsp3) is 0.138. The SMILES string of the molecule is C=CS(O)(O)CCOCCNc1nc(F)nc(Nc2cc(S(=O)(=O)O)cc(N=NC(=[N+]=Nc3cc(S(=O)(=O)O)ccc3C(=O)O)c3ccccc3)c2O)n1. The monoisotopic (exact) mass is 810 g/mol. The second-order valence-electron chi connectivity index (χ2n) is 10.4. The van der Waals surface area contributed by atoms with Crippen molar-refractivity contribution in [2.75, 3.05) is 36.1 Å². The van der Waals surface area contributed by atoms with Gasteiger partial charge in [0.25, 0.3) is 20.2 Å². The molecule has 0 aliphatic rings. The summed E-state index contributed by atoms with van der Waals surface area (Å²) in [6, 6.07) is 11.6. The van der Waals surface area contributed by atoms with Crippen LogP contribution in [0.1, 0.15) is 15.9 Å². The summed E-state index contributed by atoms with van der Waals surface area (Å²) in [4.78, 5) is 25.0. The number of anilines is 3. The van der Waals surface area contributed by atoms with E-state index in [-0.39, 0.29) is 42.9 Å². The molecule has 3 aromatic carbocycles. The van der Waals surface area contributed by atoms with Gasteiger partial charge < -0.3 is 25.6 Å². The molecule has 0 saturated carbocycles. The number of carboxylic acid groups (broad SMARTS) is 1. The number of aromatic nitrogens is 3. The molecule has 0 aliphatic heterocycles. The topological polar surface area (TPSA) is 330 Å². The highest BCUT2D eigenvalue weighted by Crippen LogP contribution is 2.39. The van der Waals surface area contributed by atoms with Crippen LogP contribution in [0, 0.1) is 6.08 Å². The number of phenols is 1. The van der Waals surface area contributed by atoms with E-state index in [1.165, 1.54) is 12.1 Å². The summed E-state index contributed by atoms with van der Waals surface area (Å²) >= 11 is 0. The standard InChI is InChI=1S/C29H28FN9O12S3/c1-2-52(43,44)13-12-51-11-10-31-28-33-27(30)34-29(35-28)32-22-15-19(54(48,49)50)16-23(24(22)40)37-39-25(17-6-4-3-5-7-17)38-36-21-14-18(53(45,46)47)8-9-20(21)26(41)42/h2-9,14-16H,1,10-13H2,(H7,31,32,33,34,35,36,37,41,42,43,44,45,46,47,48,49,50)/p+1. The van der Waals surface area contributed by atoms with E-state index in [4.69, 9.17) is 4.74 Å². The number of amidine groups is 1. The molecule has 0 fully saturated rings. The minimum Gasteiger partial charge on any atom is -0.504 e. The zero-order valence-corrected chi connectivity index (χ0v) is 29.7. The van der Waals surface area contributed by atoms with Crippen molar-refractivity contribution in [3.63, 3.8) is 0 Å². The number of nitrogens with zero attached hydrogens (tertiary/aromatic N) is 7. The van der Waals surface area contributed by atoms with Gasteiger partial charge in [-0.1, -0.05) is 29.6 Å². The van der Waals surface area contributed by atoms with Gasteiger partial charge >= 0.3 is 17.9 Å². The lowest BCUT2D eigenvalue weighted by Crippen LogP contribution is -2.16. The summed E-state index contributed by atoms with van der Waals surface area (Å²) in [7, 11) is -12.7. The van der Waals surface area contributed by atoms with E-state index in [2.05, 4.69) is 52.3 Å². The van der Waals surface area contributed by atoms with Gasteiger partial charge in [-0.05, 0) is 47.6 Å². The first-order chi connectivity index (χ1) is 25.4. The van der Waals surface area contributed by atoms with Crippen LogP contribution in [0.4, 0.5) is 33.3 Å². The van der Waals surface area contributed by atoms with Gasteiger partial charge in [0.05, 0.1) is 45.6 Å². The van der Waals surface area contributed by atoms with E-state index >= 15 is 0 Å². The van der Waals surface area contributed by atoms with Crippen molar-refractivity contribution in [1.29, 1.82) is 0 Å². The molecule has 54 heavy (non-hydrogen) atoms. The number of phenolic OH excluding ortho intramolecular Hbond substituents is 1. The molecule has 21 nitrogen and oxygen atoms in total. The summed E-state index contributed by atoms with van der Waals surface area (Å²) < 4.78 is 106. The molecule has 4 rings (SSSR count). The van der Waals surface area contributed by atoms with E-state index in [1.807, 2.05) is 0 Å². The quantitative estimate of drug-likeness (QED) is 0.0147. The van der Waals surface area contributed by atoms with Crippen molar-refractivity contribution in [3.05, 3.63) is 89.9 Å². The number of hydrogen-bond donors (Lipinski definition) is 8. The van der Waals surface area contributed by atoms with Crippen molar-refractivity contribution in [2.24, 2.45) is 15.3 Å². The molecule has 286 valence electrons. The summed E-state index contributed by atoms with van der Waals surface area (Å²) in [5, 5.41) is 38.2. The van der Waals surface area contributed by atoms with Gasteiger partial charge in [-0.3, -0.25) is 18.2 Å². The highest BCUT2D eigenvalue weighted by molar-refractivity contribution is 8.26. The molecular weight excluding hydrogens is 782 g/mol. The average Bonchev–Trinajstić information content (AvgIpc) is 3.10. The zero-order chi connectivity index (χ0) is 39.7. The normalized spacial score (nSPS) is 12.2. The molecule has 0 radical (unpaired) electrons. The number of nitrogens with one attached hydrogen (secondary N) is 2. The van der Waals surface area contributed by atoms with Gasteiger partial charge in [0.2, 0.25) is 11.9 Å². The van der Waals surface area contributed by atoms with Crippen molar-refractivity contribution in [2.45, 2.75) is 9.79 Å². The number of halogens is 1. The van der Waals surface area contributed by atoms with Gasteiger partial charge in [-0.25, -0.2) is 4.79 Å². The Kier molecular flexibility index (Phi) is 13.2. The van der Waals surface area contributed by atoms with Gasteiger partial charge in [0.1, 0.15) is 10.8 Å². The van der Waals surface area contributed by atoms with Crippen LogP contribution in [0.15, 0.2) is 97.8 Å². The molecule has 0 amide bonds. The van der Waals surface area contributed by atoms with E-state index in [0.29, 0.717) is 6.07 Å². The fourth-order valence-corrected chi connectivity index (χ4v) is 5.54. The van der Waals surface area contributed by atoms with E-state index in [9.17, 15) is 54.4 Å². The van der Waals surface area contributed by atoms with Crippen LogP contribution >= 0.6 is 10.6 Å². The van der Waals surface area contributed by atoms with Gasteiger partial charge in [0, 0.05) is 17.1 Å². The lowest BCUT2D eigenvalue weighted by atomic mass is 10.2. The highest BCUT2D eigenvalue weighted by Gasteiger charge is 2.23. The van der Waals surface area contributed by atoms with Crippen LogP contribution in [0.5, 0.6) is 5.75 Å². The Morgan fingerprint density at radius 2 is 1.57 bits per heavy atom. The summed E-state index contributed by atoms with van der Waals surface area (Å²) in [6.45, 7) is 3.31. The molecule has 1 aromatic heterocycles. The second-order valence-corrected chi connectivity index (χ2v) is 15.4. The van der Waals surface area contributed by atoms with E-state index < -0.39 is 87.0 Å². The average molecular weight is 811 g/mol. The first-order valence-electron chi connectivity index (χ1n) is 14.7. The maximum absolute atomic E-state index is 14.3. The summed E-state index contributed by atoms with van der Waals surface area (Å²) in [5.74, 6) is -3.69. The van der Waals surface area contributed by atoms with Crippen molar-refractivity contribution in [1.82, 2.24) is 15.0 Å². The molecule has 25 heteroatoms. The Labute approximate surface area is 306 Å². The molecule has 4 aromatic rings. The van der Waals surface area contributed by atoms with Crippen molar-refractivity contribution in [3.8, 4) is 5.75 Å². The first kappa shape index (κ1) is 41.0. The number of carbonyl (C=O) groups is 1. The smallest absolute Gasteiger partial charge is 0.477 e. The van der Waals surface area contributed by atoms with Crippen molar-refractivity contribution >= 4 is 71.6 Å². The Balaban J connectivity index is 1.70. The molecule has 8 N–H and O–H groups in total. The molecular formula is C29H29FN9O12S3+. The molecule has 0 bridgehead atoms. The maximum atomic E-state index is 14.3. The van der Waals surface area contributed by atoms with Crippen LogP contribution < -0.4 is 10.6 Å². The summed E-state index contributed by atoms with van der Waals surface area (Å²) in [6.07, 6.45) is -1.30. The number of aromatic carboxylic acids is 1. The molecule has 0 saturated heterocycles.